The molecule has 0 radical (unpaired) electrons. The minimum atomic E-state index is 0. The van der Waals surface area contributed by atoms with E-state index in [1.807, 2.05) is 0 Å². The average molecular weight is 444 g/mol. The van der Waals surface area contributed by atoms with Crippen LogP contribution in [0.4, 0.5) is 0 Å². The van der Waals surface area contributed by atoms with Crippen molar-refractivity contribution in [2.24, 2.45) is 0 Å². The highest BCUT2D eigenvalue weighted by Crippen LogP contribution is 2.39. The molecule has 140 valence electrons. The van der Waals surface area contributed by atoms with Crippen LogP contribution >= 0.6 is 40.7 Å². The maximum atomic E-state index is 5.51. The lowest BCUT2D eigenvalue weighted by Gasteiger charge is -2.35. The van der Waals surface area contributed by atoms with E-state index in [1.165, 1.54) is 24.8 Å². The normalized spacial score (nSPS) is 15.8. The second-order valence-corrected chi connectivity index (χ2v) is 6.48. The van der Waals surface area contributed by atoms with Gasteiger partial charge in [0.15, 0.2) is 0 Å². The third kappa shape index (κ3) is 5.95. The smallest absolute Gasteiger partial charge is 0.137 e. The number of nitrogens with zero attached hydrogens (tertiary/aromatic N) is 1. The van der Waals surface area contributed by atoms with Gasteiger partial charge in [0.2, 0.25) is 0 Å². The number of benzene rings is 1. The maximum Gasteiger partial charge on any atom is 0.137 e. The van der Waals surface area contributed by atoms with Crippen molar-refractivity contribution in [1.82, 2.24) is 10.2 Å². The molecule has 24 heavy (non-hydrogen) atoms. The number of piperazine rings is 1. The molecule has 7 heteroatoms. The standard InChI is InChI=1S/C17H27BrN2O2.2ClH/c1-4-5-6-14(20-9-7-19-8-10-20)13-11-15(21-2)17(18)16(12-13)22-3;;/h11-12,14,19H,4-10H2,1-3H3;2*1H/t14-;;/m0../s1. The Morgan fingerprint density at radius 1 is 1.12 bits per heavy atom. The quantitative estimate of drug-likeness (QED) is 0.674. The zero-order valence-corrected chi connectivity index (χ0v) is 17.9. The highest BCUT2D eigenvalue weighted by molar-refractivity contribution is 9.10. The Morgan fingerprint density at radius 2 is 1.67 bits per heavy atom. The van der Waals surface area contributed by atoms with Crippen LogP contribution < -0.4 is 14.8 Å². The Balaban J connectivity index is 0.00000264. The van der Waals surface area contributed by atoms with Gasteiger partial charge in [-0.3, -0.25) is 4.90 Å². The fourth-order valence-corrected chi connectivity index (χ4v) is 3.59. The van der Waals surface area contributed by atoms with Crippen molar-refractivity contribution in [2.75, 3.05) is 40.4 Å². The second kappa shape index (κ2) is 12.2. The van der Waals surface area contributed by atoms with Crippen LogP contribution in [0.25, 0.3) is 0 Å². The molecule has 1 saturated heterocycles. The largest absolute Gasteiger partial charge is 0.495 e. The predicted molar refractivity (Wildman–Crippen MR) is 108 cm³/mol. The van der Waals surface area contributed by atoms with E-state index in [0.29, 0.717) is 6.04 Å². The summed E-state index contributed by atoms with van der Waals surface area (Å²) in [6.45, 7) is 6.56. The van der Waals surface area contributed by atoms with Gasteiger partial charge in [-0.2, -0.15) is 0 Å². The molecule has 0 unspecified atom stereocenters. The molecule has 0 aromatic heterocycles. The van der Waals surface area contributed by atoms with Crippen LogP contribution in [-0.4, -0.2) is 45.3 Å². The molecule has 2 rings (SSSR count). The number of hydrogen-bond acceptors (Lipinski definition) is 4. The number of nitrogens with one attached hydrogen (secondary N) is 1. The van der Waals surface area contributed by atoms with Gasteiger partial charge < -0.3 is 14.8 Å². The summed E-state index contributed by atoms with van der Waals surface area (Å²) in [6.07, 6.45) is 3.62. The average Bonchev–Trinajstić information content (AvgIpc) is 2.57. The monoisotopic (exact) mass is 442 g/mol. The summed E-state index contributed by atoms with van der Waals surface area (Å²) in [4.78, 5) is 2.58. The van der Waals surface area contributed by atoms with E-state index in [9.17, 15) is 0 Å². The van der Waals surface area contributed by atoms with Gasteiger partial charge in [0, 0.05) is 32.2 Å². The minimum Gasteiger partial charge on any atom is -0.495 e. The molecule has 0 spiro atoms. The van der Waals surface area contributed by atoms with E-state index >= 15 is 0 Å². The summed E-state index contributed by atoms with van der Waals surface area (Å²) >= 11 is 3.56. The van der Waals surface area contributed by atoms with Crippen LogP contribution in [0.3, 0.4) is 0 Å². The van der Waals surface area contributed by atoms with Crippen LogP contribution in [0.15, 0.2) is 16.6 Å². The van der Waals surface area contributed by atoms with Gasteiger partial charge in [-0.05, 0) is 40.0 Å². The van der Waals surface area contributed by atoms with E-state index in [2.05, 4.69) is 45.2 Å². The highest BCUT2D eigenvalue weighted by Gasteiger charge is 2.24. The molecule has 1 aromatic carbocycles. The van der Waals surface area contributed by atoms with E-state index in [-0.39, 0.29) is 24.8 Å². The third-order valence-electron chi connectivity index (χ3n) is 4.28. The highest BCUT2D eigenvalue weighted by atomic mass is 79.9. The molecule has 1 aliphatic rings. The van der Waals surface area contributed by atoms with Crippen molar-refractivity contribution in [2.45, 2.75) is 32.2 Å². The van der Waals surface area contributed by atoms with Crippen molar-refractivity contribution in [3.63, 3.8) is 0 Å². The number of halogens is 3. The first-order valence-corrected chi connectivity index (χ1v) is 8.86. The number of unbranched alkanes of at least 4 members (excludes halogenated alkanes) is 1. The lowest BCUT2D eigenvalue weighted by molar-refractivity contribution is 0.162. The van der Waals surface area contributed by atoms with Crippen molar-refractivity contribution >= 4 is 40.7 Å². The molecule has 1 heterocycles. The molecule has 1 fully saturated rings. The number of methoxy groups -OCH3 is 2. The molecule has 0 saturated carbocycles. The van der Waals surface area contributed by atoms with Crippen molar-refractivity contribution < 1.29 is 9.47 Å². The van der Waals surface area contributed by atoms with Crippen LogP contribution in [-0.2, 0) is 0 Å². The van der Waals surface area contributed by atoms with E-state index in [1.54, 1.807) is 14.2 Å². The zero-order valence-electron chi connectivity index (χ0n) is 14.6. The van der Waals surface area contributed by atoms with Gasteiger partial charge in [-0.15, -0.1) is 24.8 Å². The van der Waals surface area contributed by atoms with Crippen molar-refractivity contribution in [3.8, 4) is 11.5 Å². The first-order chi connectivity index (χ1) is 10.7. The summed E-state index contributed by atoms with van der Waals surface area (Å²) < 4.78 is 11.9. The van der Waals surface area contributed by atoms with Crippen LogP contribution in [0.5, 0.6) is 11.5 Å². The summed E-state index contributed by atoms with van der Waals surface area (Å²) in [5, 5.41) is 3.43. The topological polar surface area (TPSA) is 33.7 Å². The van der Waals surface area contributed by atoms with E-state index < -0.39 is 0 Å². The summed E-state index contributed by atoms with van der Waals surface area (Å²) in [5.74, 6) is 1.68. The Hall–Kier alpha value is -0.200. The summed E-state index contributed by atoms with van der Waals surface area (Å²) in [7, 11) is 3.41. The van der Waals surface area contributed by atoms with Gasteiger partial charge in [-0.25, -0.2) is 0 Å². The SMILES string of the molecule is CCCC[C@@H](c1cc(OC)c(Br)c(OC)c1)N1CCNCC1.Cl.Cl. The van der Waals surface area contributed by atoms with Gasteiger partial charge in [0.25, 0.3) is 0 Å². The van der Waals surface area contributed by atoms with Crippen LogP contribution in [0.1, 0.15) is 37.8 Å². The number of ether oxygens (including phenoxy) is 2. The maximum absolute atomic E-state index is 5.51. The third-order valence-corrected chi connectivity index (χ3v) is 5.06. The Kier molecular flexibility index (Phi) is 12.1. The molecular formula is C17H29BrCl2N2O2. The van der Waals surface area contributed by atoms with Gasteiger partial charge in [0.05, 0.1) is 14.2 Å². The summed E-state index contributed by atoms with van der Waals surface area (Å²) in [5.41, 5.74) is 1.28. The Morgan fingerprint density at radius 3 is 2.12 bits per heavy atom. The molecule has 1 atom stereocenters. The number of rotatable bonds is 7. The van der Waals surface area contributed by atoms with Crippen LogP contribution in [0.2, 0.25) is 0 Å². The lowest BCUT2D eigenvalue weighted by atomic mass is 9.98. The van der Waals surface area contributed by atoms with Crippen molar-refractivity contribution in [1.29, 1.82) is 0 Å². The lowest BCUT2D eigenvalue weighted by Crippen LogP contribution is -2.45. The van der Waals surface area contributed by atoms with Gasteiger partial charge in [-0.1, -0.05) is 19.8 Å². The van der Waals surface area contributed by atoms with Crippen molar-refractivity contribution in [3.05, 3.63) is 22.2 Å². The predicted octanol–water partition coefficient (Wildman–Crippen LogP) is 4.45. The Labute approximate surface area is 166 Å². The first kappa shape index (κ1) is 23.8. The molecule has 1 aromatic rings. The molecule has 4 nitrogen and oxygen atoms in total. The molecule has 0 amide bonds. The molecule has 1 N–H and O–H groups in total. The molecule has 1 aliphatic heterocycles. The minimum absolute atomic E-state index is 0. The second-order valence-electron chi connectivity index (χ2n) is 5.68. The summed E-state index contributed by atoms with van der Waals surface area (Å²) in [6, 6.07) is 4.72. The Bertz CT molecular complexity index is 461. The fourth-order valence-electron chi connectivity index (χ4n) is 3.03. The van der Waals surface area contributed by atoms with E-state index in [4.69, 9.17) is 9.47 Å². The molecule has 0 aliphatic carbocycles. The molecule has 0 bridgehead atoms. The fraction of sp³-hybridized carbons (Fsp3) is 0.647. The number of hydrogen-bond donors (Lipinski definition) is 1. The zero-order chi connectivity index (χ0) is 15.9. The first-order valence-electron chi connectivity index (χ1n) is 8.07. The van der Waals surface area contributed by atoms with Gasteiger partial charge in [0.1, 0.15) is 16.0 Å². The van der Waals surface area contributed by atoms with Crippen LogP contribution in [0, 0.1) is 0 Å². The van der Waals surface area contributed by atoms with Gasteiger partial charge >= 0.3 is 0 Å². The van der Waals surface area contributed by atoms with E-state index in [0.717, 1.165) is 42.2 Å². The molecular weight excluding hydrogens is 415 g/mol.